The smallest absolute Gasteiger partial charge is 0.254 e. The molecule has 36 heavy (non-hydrogen) atoms. The minimum atomic E-state index is -1.63. The molecule has 1 heterocycles. The van der Waals surface area contributed by atoms with E-state index in [9.17, 15) is 24.6 Å². The fourth-order valence-corrected chi connectivity index (χ4v) is 4.61. The highest BCUT2D eigenvalue weighted by atomic mass is 35.5. The second kappa shape index (κ2) is 11.3. The molecule has 2 aromatic carbocycles. The van der Waals surface area contributed by atoms with Crippen molar-refractivity contribution in [2.45, 2.75) is 69.6 Å². The maximum Gasteiger partial charge on any atom is 0.254 e. The summed E-state index contributed by atoms with van der Waals surface area (Å²) in [6.07, 6.45) is -1.19. The molecule has 1 aliphatic rings. The Labute approximate surface area is 216 Å². The van der Waals surface area contributed by atoms with Crippen LogP contribution in [0.2, 0.25) is 0 Å². The molecule has 9 heteroatoms. The van der Waals surface area contributed by atoms with Crippen LogP contribution in [-0.4, -0.2) is 68.5 Å². The molecule has 0 bridgehead atoms. The molecule has 0 radical (unpaired) electrons. The molecule has 0 aromatic heterocycles. The van der Waals surface area contributed by atoms with Gasteiger partial charge in [-0.1, -0.05) is 36.4 Å². The Hall–Kier alpha value is -3.10. The highest BCUT2D eigenvalue weighted by molar-refractivity contribution is 6.21. The first kappa shape index (κ1) is 27.5. The van der Waals surface area contributed by atoms with E-state index in [1.54, 1.807) is 19.1 Å². The van der Waals surface area contributed by atoms with E-state index >= 15 is 0 Å². The van der Waals surface area contributed by atoms with Crippen LogP contribution in [0.5, 0.6) is 5.75 Å². The minimum Gasteiger partial charge on any atom is -0.508 e. The lowest BCUT2D eigenvalue weighted by molar-refractivity contribution is -0.146. The molecule has 2 aromatic rings. The Morgan fingerprint density at radius 3 is 2.42 bits per heavy atom. The molecular formula is C27H34ClN3O5. The zero-order valence-electron chi connectivity index (χ0n) is 21.0. The summed E-state index contributed by atoms with van der Waals surface area (Å²) in [5.74, 6) is -1.59. The molecule has 8 nitrogen and oxygen atoms in total. The fourth-order valence-electron chi connectivity index (χ4n) is 4.30. The number of hydrogen-bond donors (Lipinski definition) is 4. The number of halogens is 1. The van der Waals surface area contributed by atoms with Gasteiger partial charge in [0, 0.05) is 23.2 Å². The summed E-state index contributed by atoms with van der Waals surface area (Å²) >= 11 is 6.32. The van der Waals surface area contributed by atoms with Crippen molar-refractivity contribution in [3.05, 3.63) is 65.2 Å². The van der Waals surface area contributed by atoms with Crippen molar-refractivity contribution in [2.24, 2.45) is 0 Å². The van der Waals surface area contributed by atoms with Gasteiger partial charge in [-0.2, -0.15) is 0 Å². The first-order chi connectivity index (χ1) is 16.9. The third-order valence-electron chi connectivity index (χ3n) is 6.13. The largest absolute Gasteiger partial charge is 0.508 e. The number of likely N-dealkylation sites (tertiary alicyclic amines) is 1. The lowest BCUT2D eigenvalue weighted by Gasteiger charge is -2.32. The van der Waals surface area contributed by atoms with Crippen LogP contribution >= 0.6 is 11.6 Å². The van der Waals surface area contributed by atoms with E-state index in [-0.39, 0.29) is 36.6 Å². The Bertz CT molecular complexity index is 1100. The van der Waals surface area contributed by atoms with E-state index in [0.717, 1.165) is 5.56 Å². The average Bonchev–Trinajstić information content (AvgIpc) is 3.21. The number of phenolic OH excluding ortho intramolecular Hbond substituents is 1. The molecule has 4 atom stereocenters. The number of rotatable bonds is 7. The molecule has 1 fully saturated rings. The van der Waals surface area contributed by atoms with E-state index < -0.39 is 40.9 Å². The van der Waals surface area contributed by atoms with Crippen molar-refractivity contribution in [1.29, 1.82) is 0 Å². The van der Waals surface area contributed by atoms with Gasteiger partial charge in [-0.05, 0) is 58.2 Å². The highest BCUT2D eigenvalue weighted by Gasteiger charge is 2.43. The first-order valence-corrected chi connectivity index (χ1v) is 12.4. The van der Waals surface area contributed by atoms with Crippen molar-refractivity contribution < 1.29 is 24.6 Å². The number of carbonyl (C=O) groups excluding carboxylic acids is 3. The van der Waals surface area contributed by atoms with Gasteiger partial charge in [-0.3, -0.25) is 14.4 Å². The summed E-state index contributed by atoms with van der Waals surface area (Å²) in [5, 5.41) is 26.4. The van der Waals surface area contributed by atoms with Gasteiger partial charge in [0.15, 0.2) is 6.10 Å². The Morgan fingerprint density at radius 1 is 1.11 bits per heavy atom. The summed E-state index contributed by atoms with van der Waals surface area (Å²) < 4.78 is 0. The predicted molar refractivity (Wildman–Crippen MR) is 138 cm³/mol. The number of aromatic hydroxyl groups is 1. The van der Waals surface area contributed by atoms with Crippen LogP contribution in [0.1, 0.15) is 48.7 Å². The monoisotopic (exact) mass is 515 g/mol. The molecular weight excluding hydrogens is 482 g/mol. The van der Waals surface area contributed by atoms with Crippen LogP contribution in [0.15, 0.2) is 48.5 Å². The maximum absolute atomic E-state index is 13.5. The van der Waals surface area contributed by atoms with Gasteiger partial charge in [0.1, 0.15) is 11.8 Å². The highest BCUT2D eigenvalue weighted by Crippen LogP contribution is 2.25. The standard InChI is InChI=1S/C27H34ClN3O5/c1-16-19(11-8-12-22(16)32)24(34)29-20(13-17-9-6-5-7-10-17)23(33)26(36)31-15-18(28)14-21(31)25(35)30-27(2,3)4/h5-12,18,20-21,23,32-33H,13-15H2,1-4H3,(H,29,34)(H,30,35)/t18?,20?,21-,23?/m0/s1. The Morgan fingerprint density at radius 2 is 1.78 bits per heavy atom. The van der Waals surface area contributed by atoms with Gasteiger partial charge in [0.2, 0.25) is 5.91 Å². The number of hydrogen-bond acceptors (Lipinski definition) is 5. The Kier molecular flexibility index (Phi) is 8.63. The van der Waals surface area contributed by atoms with Crippen molar-refractivity contribution in [2.75, 3.05) is 6.54 Å². The number of nitrogens with one attached hydrogen (secondary N) is 2. The van der Waals surface area contributed by atoms with Crippen molar-refractivity contribution >= 4 is 29.3 Å². The maximum atomic E-state index is 13.5. The van der Waals surface area contributed by atoms with E-state index in [2.05, 4.69) is 10.6 Å². The minimum absolute atomic E-state index is 0.0307. The number of benzene rings is 2. The molecule has 0 spiro atoms. The number of aliphatic hydroxyl groups is 1. The molecule has 1 saturated heterocycles. The van der Waals surface area contributed by atoms with Crippen molar-refractivity contribution in [3.8, 4) is 5.75 Å². The number of nitrogens with zero attached hydrogens (tertiary/aromatic N) is 1. The van der Waals surface area contributed by atoms with Crippen molar-refractivity contribution in [3.63, 3.8) is 0 Å². The van der Waals surface area contributed by atoms with Crippen LogP contribution in [0.25, 0.3) is 0 Å². The van der Waals surface area contributed by atoms with E-state index in [4.69, 9.17) is 11.6 Å². The Balaban J connectivity index is 1.86. The zero-order valence-corrected chi connectivity index (χ0v) is 21.7. The molecule has 4 N–H and O–H groups in total. The van der Waals surface area contributed by atoms with Gasteiger partial charge in [0.05, 0.1) is 11.4 Å². The lowest BCUT2D eigenvalue weighted by atomic mass is 9.98. The molecule has 0 aliphatic carbocycles. The topological polar surface area (TPSA) is 119 Å². The SMILES string of the molecule is Cc1c(O)cccc1C(=O)NC(Cc1ccccc1)C(O)C(=O)N1CC(Cl)C[C@H]1C(=O)NC(C)(C)C. The second-order valence-corrected chi connectivity index (χ2v) is 10.9. The van der Waals surface area contributed by atoms with Crippen LogP contribution in [0.3, 0.4) is 0 Å². The molecule has 194 valence electrons. The van der Waals surface area contributed by atoms with E-state index in [0.29, 0.717) is 5.56 Å². The van der Waals surface area contributed by atoms with Gasteiger partial charge in [-0.25, -0.2) is 0 Å². The quantitative estimate of drug-likeness (QED) is 0.422. The van der Waals surface area contributed by atoms with Gasteiger partial charge in [0.25, 0.3) is 11.8 Å². The van der Waals surface area contributed by atoms with E-state index in [1.165, 1.54) is 11.0 Å². The van der Waals surface area contributed by atoms with Gasteiger partial charge < -0.3 is 25.7 Å². The number of amides is 3. The summed E-state index contributed by atoms with van der Waals surface area (Å²) in [4.78, 5) is 40.8. The number of carbonyl (C=O) groups is 3. The van der Waals surface area contributed by atoms with Crippen molar-refractivity contribution in [1.82, 2.24) is 15.5 Å². The molecule has 3 amide bonds. The lowest BCUT2D eigenvalue weighted by Crippen LogP contribution is -2.57. The summed E-state index contributed by atoms with van der Waals surface area (Å²) in [6.45, 7) is 7.24. The molecule has 0 saturated carbocycles. The second-order valence-electron chi connectivity index (χ2n) is 10.2. The third-order valence-corrected chi connectivity index (χ3v) is 6.45. The van der Waals surface area contributed by atoms with Crippen LogP contribution in [0, 0.1) is 6.92 Å². The molecule has 3 unspecified atom stereocenters. The number of phenols is 1. The third kappa shape index (κ3) is 6.77. The molecule has 3 rings (SSSR count). The summed E-state index contributed by atoms with van der Waals surface area (Å²) in [7, 11) is 0. The van der Waals surface area contributed by atoms with Gasteiger partial charge in [-0.15, -0.1) is 11.6 Å². The predicted octanol–water partition coefficient (Wildman–Crippen LogP) is 2.53. The fraction of sp³-hybridized carbons (Fsp3) is 0.444. The normalized spacial score (nSPS) is 19.4. The van der Waals surface area contributed by atoms with Gasteiger partial charge >= 0.3 is 0 Å². The average molecular weight is 516 g/mol. The number of alkyl halides is 1. The summed E-state index contributed by atoms with van der Waals surface area (Å²) in [6, 6.07) is 11.9. The zero-order chi connectivity index (χ0) is 26.6. The summed E-state index contributed by atoms with van der Waals surface area (Å²) in [5.41, 5.74) is 0.924. The van der Waals surface area contributed by atoms with Crippen LogP contribution in [-0.2, 0) is 16.0 Å². The van der Waals surface area contributed by atoms with Crippen LogP contribution < -0.4 is 10.6 Å². The van der Waals surface area contributed by atoms with Crippen LogP contribution in [0.4, 0.5) is 0 Å². The van der Waals surface area contributed by atoms with E-state index in [1.807, 2.05) is 51.1 Å². The number of aliphatic hydroxyl groups excluding tert-OH is 1. The first-order valence-electron chi connectivity index (χ1n) is 12.0. The molecule has 1 aliphatic heterocycles.